The third kappa shape index (κ3) is 3.75. The molecule has 2 aromatic carbocycles. The van der Waals surface area contributed by atoms with Gasteiger partial charge in [-0.2, -0.15) is 4.98 Å². The Balaban J connectivity index is 1.48. The Morgan fingerprint density at radius 2 is 1.88 bits per heavy atom. The summed E-state index contributed by atoms with van der Waals surface area (Å²) in [6.45, 7) is 1.06. The molecule has 1 aliphatic rings. The minimum atomic E-state index is -0.178. The summed E-state index contributed by atoms with van der Waals surface area (Å²) in [5, 5.41) is 4.07. The second kappa shape index (κ2) is 7.25. The molecule has 0 spiro atoms. The molecule has 0 bridgehead atoms. The van der Waals surface area contributed by atoms with Crippen LogP contribution in [0.25, 0.3) is 11.4 Å². The highest BCUT2D eigenvalue weighted by Gasteiger charge is 2.30. The summed E-state index contributed by atoms with van der Waals surface area (Å²) >= 11 is 0. The van der Waals surface area contributed by atoms with Crippen molar-refractivity contribution in [2.75, 3.05) is 7.11 Å². The quantitative estimate of drug-likeness (QED) is 0.641. The van der Waals surface area contributed by atoms with E-state index < -0.39 is 0 Å². The van der Waals surface area contributed by atoms with Crippen LogP contribution in [0.15, 0.2) is 53.1 Å². The van der Waals surface area contributed by atoms with Gasteiger partial charge in [0.25, 0.3) is 0 Å². The smallest absolute Gasteiger partial charge is 0.241 e. The molecular weight excluding hydrogens is 333 g/mol. The maximum atomic E-state index is 14.0. The van der Waals surface area contributed by atoms with E-state index in [2.05, 4.69) is 15.0 Å². The average molecular weight is 353 g/mol. The first kappa shape index (κ1) is 16.7. The van der Waals surface area contributed by atoms with Gasteiger partial charge in [0.05, 0.1) is 13.7 Å². The van der Waals surface area contributed by atoms with E-state index >= 15 is 0 Å². The normalized spacial score (nSPS) is 14.0. The lowest BCUT2D eigenvalue weighted by Crippen LogP contribution is -2.25. The Kier molecular flexibility index (Phi) is 4.67. The Labute approximate surface area is 151 Å². The molecule has 0 saturated heterocycles. The maximum absolute atomic E-state index is 14.0. The first-order valence-electron chi connectivity index (χ1n) is 8.67. The van der Waals surface area contributed by atoms with Gasteiger partial charge in [0.15, 0.2) is 0 Å². The number of benzene rings is 2. The second-order valence-corrected chi connectivity index (χ2v) is 6.47. The molecular formula is C20H20FN3O2. The minimum Gasteiger partial charge on any atom is -0.497 e. The molecule has 26 heavy (non-hydrogen) atoms. The van der Waals surface area contributed by atoms with E-state index in [-0.39, 0.29) is 5.82 Å². The van der Waals surface area contributed by atoms with Gasteiger partial charge >= 0.3 is 0 Å². The topological polar surface area (TPSA) is 51.4 Å². The molecule has 0 atom stereocenters. The molecule has 0 unspecified atom stereocenters. The van der Waals surface area contributed by atoms with E-state index in [1.54, 1.807) is 13.2 Å². The molecule has 1 saturated carbocycles. The van der Waals surface area contributed by atoms with Crippen LogP contribution >= 0.6 is 0 Å². The molecule has 1 fully saturated rings. The highest BCUT2D eigenvalue weighted by Crippen LogP contribution is 2.30. The van der Waals surface area contributed by atoms with E-state index in [9.17, 15) is 4.39 Å². The number of halogens is 1. The van der Waals surface area contributed by atoms with Gasteiger partial charge in [-0.25, -0.2) is 4.39 Å². The van der Waals surface area contributed by atoms with Gasteiger partial charge < -0.3 is 9.26 Å². The van der Waals surface area contributed by atoms with Crippen LogP contribution in [0.3, 0.4) is 0 Å². The average Bonchev–Trinajstić information content (AvgIpc) is 3.42. The number of methoxy groups -OCH3 is 1. The van der Waals surface area contributed by atoms with Crippen molar-refractivity contribution in [3.63, 3.8) is 0 Å². The van der Waals surface area contributed by atoms with Crippen LogP contribution in [0.4, 0.5) is 4.39 Å². The number of aromatic nitrogens is 2. The molecule has 4 rings (SSSR count). The third-order valence-corrected chi connectivity index (χ3v) is 4.55. The Morgan fingerprint density at radius 3 is 2.58 bits per heavy atom. The predicted octanol–water partition coefficient (Wildman–Crippen LogP) is 4.05. The van der Waals surface area contributed by atoms with Gasteiger partial charge in [0, 0.05) is 23.7 Å². The number of hydrogen-bond donors (Lipinski definition) is 0. The van der Waals surface area contributed by atoms with Crippen molar-refractivity contribution in [1.82, 2.24) is 15.0 Å². The van der Waals surface area contributed by atoms with Gasteiger partial charge in [-0.05, 0) is 43.2 Å². The van der Waals surface area contributed by atoms with Crippen LogP contribution < -0.4 is 4.74 Å². The first-order chi connectivity index (χ1) is 12.7. The molecule has 1 aliphatic carbocycles. The molecule has 1 aromatic heterocycles. The lowest BCUT2D eigenvalue weighted by atomic mass is 10.2. The van der Waals surface area contributed by atoms with Gasteiger partial charge in [-0.15, -0.1) is 0 Å². The second-order valence-electron chi connectivity index (χ2n) is 6.47. The summed E-state index contributed by atoms with van der Waals surface area (Å²) in [6.07, 6.45) is 2.24. The van der Waals surface area contributed by atoms with Gasteiger partial charge in [-0.3, -0.25) is 4.90 Å². The van der Waals surface area contributed by atoms with Gasteiger partial charge in [0.2, 0.25) is 11.7 Å². The van der Waals surface area contributed by atoms with E-state index in [0.29, 0.717) is 36.4 Å². The van der Waals surface area contributed by atoms with E-state index in [0.717, 1.165) is 24.2 Å². The maximum Gasteiger partial charge on any atom is 0.241 e. The van der Waals surface area contributed by atoms with Crippen LogP contribution in [-0.2, 0) is 13.1 Å². The molecule has 3 aromatic rings. The number of hydrogen-bond acceptors (Lipinski definition) is 5. The largest absolute Gasteiger partial charge is 0.497 e. The van der Waals surface area contributed by atoms with Crippen molar-refractivity contribution in [3.8, 4) is 17.1 Å². The van der Waals surface area contributed by atoms with Crippen LogP contribution in [0.5, 0.6) is 5.75 Å². The third-order valence-electron chi connectivity index (χ3n) is 4.55. The Bertz CT molecular complexity index is 875. The van der Waals surface area contributed by atoms with Crippen molar-refractivity contribution in [1.29, 1.82) is 0 Å². The predicted molar refractivity (Wildman–Crippen MR) is 95.0 cm³/mol. The molecule has 6 heteroatoms. The number of ether oxygens (including phenoxy) is 1. The number of rotatable bonds is 7. The molecule has 134 valence electrons. The zero-order chi connectivity index (χ0) is 17.9. The zero-order valence-corrected chi connectivity index (χ0v) is 14.6. The Morgan fingerprint density at radius 1 is 1.12 bits per heavy atom. The van der Waals surface area contributed by atoms with Crippen molar-refractivity contribution >= 4 is 0 Å². The van der Waals surface area contributed by atoms with E-state index in [1.165, 1.54) is 6.07 Å². The molecule has 0 N–H and O–H groups in total. The lowest BCUT2D eigenvalue weighted by Gasteiger charge is -2.20. The molecule has 0 radical (unpaired) electrons. The monoisotopic (exact) mass is 353 g/mol. The fourth-order valence-corrected chi connectivity index (χ4v) is 2.95. The molecule has 0 amide bonds. The lowest BCUT2D eigenvalue weighted by molar-refractivity contribution is 0.207. The van der Waals surface area contributed by atoms with Gasteiger partial charge in [-0.1, -0.05) is 23.4 Å². The zero-order valence-electron chi connectivity index (χ0n) is 14.6. The van der Waals surface area contributed by atoms with Crippen molar-refractivity contribution in [3.05, 3.63) is 65.8 Å². The first-order valence-corrected chi connectivity index (χ1v) is 8.67. The number of nitrogens with zero attached hydrogens (tertiary/aromatic N) is 3. The summed E-state index contributed by atoms with van der Waals surface area (Å²) in [7, 11) is 1.63. The summed E-state index contributed by atoms with van der Waals surface area (Å²) < 4.78 is 24.6. The summed E-state index contributed by atoms with van der Waals surface area (Å²) in [5.41, 5.74) is 1.56. The van der Waals surface area contributed by atoms with Crippen LogP contribution in [0.2, 0.25) is 0 Å². The SMILES string of the molecule is COc1ccc(-c2noc(CN(Cc3ccccc3F)C3CC3)n2)cc1. The van der Waals surface area contributed by atoms with E-state index in [1.807, 2.05) is 36.4 Å². The van der Waals surface area contributed by atoms with Crippen LogP contribution in [0.1, 0.15) is 24.3 Å². The molecule has 5 nitrogen and oxygen atoms in total. The summed E-state index contributed by atoms with van der Waals surface area (Å²) in [4.78, 5) is 6.69. The molecule has 1 heterocycles. The van der Waals surface area contributed by atoms with Crippen LogP contribution in [0, 0.1) is 5.82 Å². The Hall–Kier alpha value is -2.73. The highest BCUT2D eigenvalue weighted by molar-refractivity contribution is 5.55. The van der Waals surface area contributed by atoms with Crippen molar-refractivity contribution < 1.29 is 13.7 Å². The van der Waals surface area contributed by atoms with Gasteiger partial charge in [0.1, 0.15) is 11.6 Å². The fourth-order valence-electron chi connectivity index (χ4n) is 2.95. The van der Waals surface area contributed by atoms with Crippen LogP contribution in [-0.4, -0.2) is 28.2 Å². The highest BCUT2D eigenvalue weighted by atomic mass is 19.1. The van der Waals surface area contributed by atoms with Crippen molar-refractivity contribution in [2.24, 2.45) is 0 Å². The summed E-state index contributed by atoms with van der Waals surface area (Å²) in [5.74, 6) is 1.69. The standard InChI is InChI=1S/C20H20FN3O2/c1-25-17-10-6-14(7-11-17)20-22-19(26-23-20)13-24(16-8-9-16)12-15-4-2-3-5-18(15)21/h2-7,10-11,16H,8-9,12-13H2,1H3. The fraction of sp³-hybridized carbons (Fsp3) is 0.300. The minimum absolute atomic E-state index is 0.178. The van der Waals surface area contributed by atoms with E-state index in [4.69, 9.17) is 9.26 Å². The van der Waals surface area contributed by atoms with Crippen molar-refractivity contribution in [2.45, 2.75) is 32.0 Å². The molecule has 0 aliphatic heterocycles. The summed E-state index contributed by atoms with van der Waals surface area (Å²) in [6, 6.07) is 14.8.